The van der Waals surface area contributed by atoms with Crippen LogP contribution in [0.15, 0.2) is 84.7 Å². The molecule has 0 aromatic heterocycles. The minimum absolute atomic E-state index is 0.0344. The first-order valence-corrected chi connectivity index (χ1v) is 10.6. The molecule has 0 saturated carbocycles. The Bertz CT molecular complexity index is 1800. The standard InChI is InChI=1S/C29H33ClN2O2/c1-31(2)27(33)29(24-9-5-3-6-10-24,25-11-7-4-8-12-25)19-22-32-20-17-28(34,18-21-32)23-13-15-26(30)16-14-23/h3-16,34H,17-22H2,1-2H3/i3D,4D,5D,6D,7D,8D,9D,10D,11D,12D,17D2,18D2,20D2,21D2. The number of halogens is 1. The average molecular weight is 495 g/mol. The van der Waals surface area contributed by atoms with E-state index in [1.807, 2.05) is 0 Å². The molecular weight excluding hydrogens is 444 g/mol. The highest BCUT2D eigenvalue weighted by molar-refractivity contribution is 6.30. The van der Waals surface area contributed by atoms with Gasteiger partial charge in [0.25, 0.3) is 0 Å². The summed E-state index contributed by atoms with van der Waals surface area (Å²) in [5.74, 6) is -1.26. The largest absolute Gasteiger partial charge is 0.385 e. The maximum atomic E-state index is 14.6. The lowest BCUT2D eigenvalue weighted by Crippen LogP contribution is -2.48. The molecule has 1 N–H and O–H groups in total. The van der Waals surface area contributed by atoms with Gasteiger partial charge in [-0.05, 0) is 54.5 Å². The van der Waals surface area contributed by atoms with Crippen molar-refractivity contribution in [3.05, 3.63) is 106 Å². The molecule has 178 valence electrons. The number of rotatable bonds is 7. The van der Waals surface area contributed by atoms with Crippen molar-refractivity contribution < 1.29 is 34.6 Å². The number of benzene rings is 3. The highest BCUT2D eigenvalue weighted by Crippen LogP contribution is 2.39. The third kappa shape index (κ3) is 4.90. The molecular formula is C29H33ClN2O2. The second-order valence-electron chi connectivity index (χ2n) is 7.70. The second-order valence-corrected chi connectivity index (χ2v) is 8.13. The molecule has 0 spiro atoms. The molecule has 1 saturated heterocycles. The SMILES string of the molecule is [2H]c1c([2H])c([2H])c(C(CCN2C([2H])([2H])C([2H])([2H])C(O)(c3ccc(Cl)cc3)C([2H])([2H])C2([2H])[2H])(C(=O)N(C)C)c2c([2H])c([2H])c([2H])c([2H])c2[2H])c([2H])c1[2H]. The third-order valence-electron chi connectivity index (χ3n) is 5.34. The Balaban J connectivity index is 2.15. The van der Waals surface area contributed by atoms with Crippen molar-refractivity contribution >= 4 is 17.5 Å². The van der Waals surface area contributed by atoms with Gasteiger partial charge in [0.1, 0.15) is 5.41 Å². The van der Waals surface area contributed by atoms with Crippen LogP contribution in [0.5, 0.6) is 0 Å². The molecule has 34 heavy (non-hydrogen) atoms. The summed E-state index contributed by atoms with van der Waals surface area (Å²) in [4.78, 5) is 15.5. The zero-order chi connectivity index (χ0) is 40.1. The number of hydrogen-bond acceptors (Lipinski definition) is 3. The number of likely N-dealkylation sites (tertiary alicyclic amines) is 1. The highest BCUT2D eigenvalue weighted by atomic mass is 35.5. The first-order valence-electron chi connectivity index (χ1n) is 19.2. The van der Waals surface area contributed by atoms with E-state index in [-0.39, 0.29) is 9.92 Å². The zero-order valence-corrected chi connectivity index (χ0v) is 19.1. The fourth-order valence-electron chi connectivity index (χ4n) is 3.59. The van der Waals surface area contributed by atoms with Gasteiger partial charge in [0.05, 0.1) is 19.3 Å². The van der Waals surface area contributed by atoms with Crippen molar-refractivity contribution in [3.8, 4) is 0 Å². The highest BCUT2D eigenvalue weighted by Gasteiger charge is 2.43. The van der Waals surface area contributed by atoms with Gasteiger partial charge < -0.3 is 14.9 Å². The smallest absolute Gasteiger partial charge is 0.237 e. The van der Waals surface area contributed by atoms with Gasteiger partial charge in [0, 0.05) is 43.1 Å². The zero-order valence-electron chi connectivity index (χ0n) is 36.4. The molecule has 4 nitrogen and oxygen atoms in total. The quantitative estimate of drug-likeness (QED) is 0.497. The maximum absolute atomic E-state index is 14.6. The van der Waals surface area contributed by atoms with Crippen LogP contribution in [0.3, 0.4) is 0 Å². The number of carbonyl (C=O) groups is 1. The summed E-state index contributed by atoms with van der Waals surface area (Å²) in [5.41, 5.74) is -8.91. The van der Waals surface area contributed by atoms with E-state index in [1.165, 1.54) is 0 Å². The average Bonchev–Trinajstić information content (AvgIpc) is 3.06. The summed E-state index contributed by atoms with van der Waals surface area (Å²) in [5, 5.41) is 11.9. The molecule has 0 bridgehead atoms. The van der Waals surface area contributed by atoms with Gasteiger partial charge in [-0.1, -0.05) is 84.2 Å². The monoisotopic (exact) mass is 494 g/mol. The minimum atomic E-state index is -3.73. The Morgan fingerprint density at radius 2 is 1.53 bits per heavy atom. The van der Waals surface area contributed by atoms with Gasteiger partial charge in [0.2, 0.25) is 5.91 Å². The van der Waals surface area contributed by atoms with Gasteiger partial charge >= 0.3 is 0 Å². The lowest BCUT2D eigenvalue weighted by molar-refractivity contribution is -0.133. The Labute approximate surface area is 233 Å². The van der Waals surface area contributed by atoms with E-state index in [4.69, 9.17) is 36.3 Å². The molecule has 3 aromatic carbocycles. The predicted octanol–water partition coefficient (Wildman–Crippen LogP) is 5.09. The van der Waals surface area contributed by atoms with Gasteiger partial charge in [-0.2, -0.15) is 0 Å². The molecule has 1 heterocycles. The molecule has 1 aliphatic heterocycles. The van der Waals surface area contributed by atoms with E-state index < -0.39 is 133 Å². The molecule has 4 rings (SSSR count). The molecule has 0 aliphatic carbocycles. The molecule has 1 aliphatic rings. The van der Waals surface area contributed by atoms with Crippen LogP contribution in [0.2, 0.25) is 5.02 Å². The topological polar surface area (TPSA) is 43.8 Å². The van der Waals surface area contributed by atoms with Crippen LogP contribution in [0.4, 0.5) is 0 Å². The summed E-state index contributed by atoms with van der Waals surface area (Å²) < 4.78 is 156. The van der Waals surface area contributed by atoms with Crippen LogP contribution in [0.1, 0.15) is 60.5 Å². The summed E-state index contributed by atoms with van der Waals surface area (Å²) in [6.45, 7) is -8.65. The summed E-state index contributed by atoms with van der Waals surface area (Å²) in [6, 6.07) is -5.74. The summed E-state index contributed by atoms with van der Waals surface area (Å²) >= 11 is 5.93. The number of aliphatic hydroxyl groups is 1. The first-order chi connectivity index (χ1) is 23.5. The third-order valence-corrected chi connectivity index (χ3v) is 5.59. The normalized spacial score (nSPS) is 29.8. The van der Waals surface area contributed by atoms with Crippen molar-refractivity contribution in [2.75, 3.05) is 33.6 Å². The predicted molar refractivity (Wildman–Crippen MR) is 138 cm³/mol. The van der Waals surface area contributed by atoms with Crippen molar-refractivity contribution in [2.45, 2.75) is 30.2 Å². The fourth-order valence-corrected chi connectivity index (χ4v) is 3.71. The molecule has 1 amide bonds. The molecule has 3 aromatic rings. The van der Waals surface area contributed by atoms with E-state index in [9.17, 15) is 9.90 Å². The minimum Gasteiger partial charge on any atom is -0.385 e. The number of carbonyl (C=O) groups excluding carboxylic acids is 1. The Morgan fingerprint density at radius 3 is 2.00 bits per heavy atom. The molecule has 5 heteroatoms. The van der Waals surface area contributed by atoms with Crippen LogP contribution in [0.25, 0.3) is 0 Å². The Kier molecular flexibility index (Phi) is 3.19. The molecule has 1 fully saturated rings. The Morgan fingerprint density at radius 1 is 1.03 bits per heavy atom. The van der Waals surface area contributed by atoms with Gasteiger partial charge in [-0.3, -0.25) is 4.79 Å². The maximum Gasteiger partial charge on any atom is 0.237 e. The first kappa shape index (κ1) is 10.5. The Hall–Kier alpha value is -2.66. The number of hydrogen-bond donors (Lipinski definition) is 1. The summed E-state index contributed by atoms with van der Waals surface area (Å²) in [7, 11) is 2.29. The van der Waals surface area contributed by atoms with E-state index in [0.717, 1.165) is 43.3 Å². The van der Waals surface area contributed by atoms with E-state index in [0.29, 0.717) is 0 Å². The molecule has 0 radical (unpaired) electrons. The van der Waals surface area contributed by atoms with Gasteiger partial charge in [-0.25, -0.2) is 0 Å². The number of likely N-dealkylation sites (N-methyl/N-ethyl adjacent to an activating group) is 1. The van der Waals surface area contributed by atoms with Crippen molar-refractivity contribution in [1.29, 1.82) is 0 Å². The fraction of sp³-hybridized carbons (Fsp3) is 0.345. The van der Waals surface area contributed by atoms with Crippen LogP contribution < -0.4 is 0 Å². The van der Waals surface area contributed by atoms with Crippen LogP contribution in [0, 0.1) is 0 Å². The van der Waals surface area contributed by atoms with Crippen molar-refractivity contribution in [2.24, 2.45) is 0 Å². The molecule has 0 unspecified atom stereocenters. The van der Waals surface area contributed by atoms with Gasteiger partial charge in [0.15, 0.2) is 0 Å². The summed E-state index contributed by atoms with van der Waals surface area (Å²) in [6.07, 6.45) is -8.63. The molecule has 0 atom stereocenters. The lowest BCUT2D eigenvalue weighted by Gasteiger charge is -2.41. The lowest BCUT2D eigenvalue weighted by atomic mass is 9.70. The van der Waals surface area contributed by atoms with E-state index in [2.05, 4.69) is 0 Å². The van der Waals surface area contributed by atoms with Gasteiger partial charge in [-0.15, -0.1) is 0 Å². The van der Waals surface area contributed by atoms with E-state index in [1.54, 1.807) is 0 Å². The second kappa shape index (κ2) is 10.3. The number of piperidine rings is 1. The van der Waals surface area contributed by atoms with Crippen molar-refractivity contribution in [1.82, 2.24) is 9.80 Å². The number of nitrogens with zero attached hydrogens (tertiary/aromatic N) is 2. The van der Waals surface area contributed by atoms with Crippen LogP contribution in [-0.4, -0.2) is 54.4 Å². The van der Waals surface area contributed by atoms with Crippen molar-refractivity contribution in [3.63, 3.8) is 0 Å². The van der Waals surface area contributed by atoms with Crippen LogP contribution in [-0.2, 0) is 15.8 Å². The van der Waals surface area contributed by atoms with Crippen LogP contribution >= 0.6 is 11.6 Å². The number of amides is 1. The van der Waals surface area contributed by atoms with E-state index >= 15 is 0 Å².